The Kier molecular flexibility index (Phi) is 18.1. The van der Waals surface area contributed by atoms with Crippen molar-refractivity contribution in [1.29, 1.82) is 5.26 Å². The summed E-state index contributed by atoms with van der Waals surface area (Å²) < 4.78 is 22.4. The van der Waals surface area contributed by atoms with Gasteiger partial charge in [0, 0.05) is 79.4 Å². The van der Waals surface area contributed by atoms with Crippen LogP contribution in [0.2, 0.25) is 0 Å². The van der Waals surface area contributed by atoms with Gasteiger partial charge in [-0.2, -0.15) is 5.26 Å². The molecule has 14 nitrogen and oxygen atoms in total. The summed E-state index contributed by atoms with van der Waals surface area (Å²) in [6.45, 7) is 0. The van der Waals surface area contributed by atoms with E-state index in [0.29, 0.717) is 5.56 Å². The van der Waals surface area contributed by atoms with Crippen molar-refractivity contribution in [1.82, 2.24) is 56.8 Å². The Morgan fingerprint density at radius 1 is 0.196 bits per heavy atom. The van der Waals surface area contributed by atoms with Gasteiger partial charge < -0.3 is 4.42 Å². The number of nitriles is 1. The molecule has 33 aromatic rings. The van der Waals surface area contributed by atoms with Crippen LogP contribution in [0.5, 0.6) is 0 Å². The maximum absolute atomic E-state index is 9.30. The normalized spacial score (nSPS) is 12.0. The predicted molar refractivity (Wildman–Crippen MR) is 612 cm³/mol. The third-order valence-corrected chi connectivity index (χ3v) is 31.3. The van der Waals surface area contributed by atoms with Crippen LogP contribution >= 0.6 is 11.3 Å². The molecule has 11 heterocycles. The number of rotatable bonds is 8. The van der Waals surface area contributed by atoms with Crippen LogP contribution in [0.1, 0.15) is 5.56 Å². The molecular weight excluding hydrogens is 1830 g/mol. The van der Waals surface area contributed by atoms with Gasteiger partial charge in [-0.25, -0.2) is 29.9 Å². The molecule has 0 N–H and O–H groups in total. The van der Waals surface area contributed by atoms with Crippen LogP contribution in [0, 0.1) is 11.3 Å². The highest BCUT2D eigenvalue weighted by atomic mass is 32.1. The Bertz CT molecular complexity index is 11100. The zero-order valence-corrected chi connectivity index (χ0v) is 79.9. The van der Waals surface area contributed by atoms with Crippen LogP contribution in [0.25, 0.3) is 296 Å². The highest BCUT2D eigenvalue weighted by molar-refractivity contribution is 7.25. The molecule has 0 saturated heterocycles. The van der Waals surface area contributed by atoms with Crippen molar-refractivity contribution < 1.29 is 4.42 Å². The van der Waals surface area contributed by atoms with Crippen LogP contribution in [-0.4, -0.2) is 56.8 Å². The Labute approximate surface area is 846 Å². The van der Waals surface area contributed by atoms with Gasteiger partial charge in [0.05, 0.1) is 94.4 Å². The van der Waals surface area contributed by atoms with Crippen LogP contribution in [-0.2, 0) is 0 Å². The molecule has 0 aliphatic carbocycles. The smallest absolute Gasteiger partial charge is 0.221 e. The molecule has 0 unspecified atom stereocenters. The minimum Gasteiger partial charge on any atom is -0.456 e. The molecule has 148 heavy (non-hydrogen) atoms. The van der Waals surface area contributed by atoms with Gasteiger partial charge in [0.15, 0.2) is 0 Å². The summed E-state index contributed by atoms with van der Waals surface area (Å²) in [4.78, 5) is 31.4. The molecule has 0 spiro atoms. The molecule has 0 saturated carbocycles. The van der Waals surface area contributed by atoms with Gasteiger partial charge in [-0.1, -0.05) is 297 Å². The molecule has 0 atom stereocenters. The lowest BCUT2D eigenvalue weighted by Crippen LogP contribution is -2.06. The molecule has 0 aliphatic rings. The maximum atomic E-state index is 9.30. The highest BCUT2D eigenvalue weighted by Gasteiger charge is 2.28. The summed E-state index contributed by atoms with van der Waals surface area (Å²) in [7, 11) is 0. The largest absolute Gasteiger partial charge is 0.456 e. The van der Waals surface area contributed by atoms with E-state index in [2.05, 4.69) is 433 Å². The predicted octanol–water partition coefficient (Wildman–Crippen LogP) is 34.3. The van der Waals surface area contributed by atoms with E-state index in [9.17, 15) is 5.26 Å². The molecule has 11 aromatic heterocycles. The lowest BCUT2D eigenvalue weighted by Gasteiger charge is -2.13. The summed E-state index contributed by atoms with van der Waals surface area (Å²) in [5.74, 6) is 2.45. The van der Waals surface area contributed by atoms with E-state index in [1.54, 1.807) is 0 Å². The molecule has 22 aromatic carbocycles. The molecular formula is C133H77N13OS. The van der Waals surface area contributed by atoms with E-state index in [-0.39, 0.29) is 0 Å². The topological polar surface area (TPSA) is 142 Å². The van der Waals surface area contributed by atoms with Crippen molar-refractivity contribution >= 4 is 234 Å². The maximum Gasteiger partial charge on any atom is 0.221 e. The van der Waals surface area contributed by atoms with Crippen molar-refractivity contribution in [3.8, 4) is 79.5 Å². The molecule has 0 amide bonds. The molecule has 0 bridgehead atoms. The zero-order valence-electron chi connectivity index (χ0n) is 79.1. The number of nitrogens with zero attached hydrogens (tertiary/aromatic N) is 13. The van der Waals surface area contributed by atoms with Gasteiger partial charge in [0.25, 0.3) is 0 Å². The summed E-state index contributed by atoms with van der Waals surface area (Å²) >= 11 is 1.86. The average molecular weight is 1910 g/mol. The van der Waals surface area contributed by atoms with Crippen molar-refractivity contribution in [3.05, 3.63) is 473 Å². The second kappa shape index (κ2) is 32.5. The summed E-state index contributed by atoms with van der Waals surface area (Å²) in [6.07, 6.45) is 0. The van der Waals surface area contributed by atoms with Crippen molar-refractivity contribution in [2.24, 2.45) is 0 Å². The third-order valence-electron chi connectivity index (χ3n) is 30.2. The fourth-order valence-corrected chi connectivity index (χ4v) is 24.4. The number of hydrogen-bond acceptors (Lipinski definition) is 9. The van der Waals surface area contributed by atoms with Gasteiger partial charge in [-0.15, -0.1) is 11.3 Å². The van der Waals surface area contributed by atoms with E-state index in [1.165, 1.54) is 102 Å². The van der Waals surface area contributed by atoms with E-state index in [4.69, 9.17) is 34.3 Å². The number of furan rings is 1. The molecule has 686 valence electrons. The van der Waals surface area contributed by atoms with Crippen LogP contribution in [0.15, 0.2) is 472 Å². The van der Waals surface area contributed by atoms with Crippen molar-refractivity contribution in [3.63, 3.8) is 0 Å². The van der Waals surface area contributed by atoms with Crippen LogP contribution in [0.3, 0.4) is 0 Å². The van der Waals surface area contributed by atoms with Crippen molar-refractivity contribution in [2.45, 2.75) is 0 Å². The minimum absolute atomic E-state index is 0.654. The molecule has 15 heteroatoms. The number of fused-ring (bicyclic) bond motifs is 36. The van der Waals surface area contributed by atoms with Crippen LogP contribution < -0.4 is 0 Å². The zero-order chi connectivity index (χ0) is 97.0. The Balaban J connectivity index is 0.000000101. The van der Waals surface area contributed by atoms with E-state index in [0.717, 1.165) is 194 Å². The first-order chi connectivity index (χ1) is 73.3. The Morgan fingerprint density at radius 2 is 0.486 bits per heavy atom. The standard InChI is InChI=1S/C48H28N4O.C48H28N4S.C37H21N5/c2*1-2-10-34-31(9-1)22-26-43-46(34)38-27-32(29-17-19-30(20-18-29)33-21-24-36-35-11-4-8-16-44(35)53-45(36)28-33)23-25-41(38)51(43)48-50-39-13-5-3-12-37(39)47-49-40-14-6-7-15-42(40)52(47)48;38-22-23-13-15-24(16-14-23)26-18-19-32-29(21-26)35-27-8-2-1-7-25(27)17-20-34(35)41(32)37-40-30-10-4-3-9-28(30)36-39-31-11-5-6-12-33(31)42(36)37/h2*1-28H;1-21H. The average Bonchev–Trinajstić information content (AvgIpc) is 1.55. The van der Waals surface area contributed by atoms with Gasteiger partial charge in [-0.05, 0) is 258 Å². The molecule has 0 radical (unpaired) electrons. The molecule has 33 rings (SSSR count). The number of aromatic nitrogens is 12. The monoisotopic (exact) mass is 1900 g/mol. The molecule has 0 aliphatic heterocycles. The number of hydrogen-bond donors (Lipinski definition) is 0. The summed E-state index contributed by atoms with van der Waals surface area (Å²) in [5.41, 5.74) is 32.0. The number of thiophene rings is 1. The third kappa shape index (κ3) is 12.7. The van der Waals surface area contributed by atoms with Crippen molar-refractivity contribution in [2.75, 3.05) is 0 Å². The van der Waals surface area contributed by atoms with E-state index in [1.807, 2.05) is 78.1 Å². The number of para-hydroxylation sites is 10. The van der Waals surface area contributed by atoms with Gasteiger partial charge >= 0.3 is 0 Å². The quantitative estimate of drug-likeness (QED) is 0.146. The fraction of sp³-hybridized carbons (Fsp3) is 0. The Hall–Kier alpha value is -20.1. The first-order valence-corrected chi connectivity index (χ1v) is 50.6. The number of imidazole rings is 3. The molecule has 0 fully saturated rings. The van der Waals surface area contributed by atoms with E-state index < -0.39 is 0 Å². The Morgan fingerprint density at radius 3 is 0.892 bits per heavy atom. The van der Waals surface area contributed by atoms with Gasteiger partial charge in [0.1, 0.15) is 28.1 Å². The van der Waals surface area contributed by atoms with Gasteiger partial charge in [-0.3, -0.25) is 26.9 Å². The number of benzene rings is 22. The summed E-state index contributed by atoms with van der Waals surface area (Å²) in [6, 6.07) is 168. The SMILES string of the molecule is N#Cc1ccc(-c2ccc3c(c2)c2c4ccccc4ccc2n3-c2nc3ccccc3c3nc4ccccc4n23)cc1.c1ccc2c(c1)ccc1c2c2cc(-c3ccc(-c4ccc5c(c4)oc4ccccc45)cc3)ccc2n1-c1nc2ccccc2c2nc3ccccc3n12.c1ccc2c(c1)ccc1c2c2cc(-c3ccc(-c4ccc5c(c4)sc4ccccc45)cc3)ccc2n1-c1nc2ccccc2c2nc3ccccc3n12. The second-order valence-corrected chi connectivity index (χ2v) is 39.4. The lowest BCUT2D eigenvalue weighted by molar-refractivity contribution is 0.669. The first kappa shape index (κ1) is 82.7. The lowest BCUT2D eigenvalue weighted by atomic mass is 9.97. The van der Waals surface area contributed by atoms with Gasteiger partial charge in [0.2, 0.25) is 17.8 Å². The fourth-order valence-electron chi connectivity index (χ4n) is 23.2. The van der Waals surface area contributed by atoms with E-state index >= 15 is 0 Å². The second-order valence-electron chi connectivity index (χ2n) is 38.3. The van der Waals surface area contributed by atoms with Crippen LogP contribution in [0.4, 0.5) is 0 Å². The first-order valence-electron chi connectivity index (χ1n) is 49.7. The summed E-state index contributed by atoms with van der Waals surface area (Å²) in [5, 5.41) is 31.7. The highest BCUT2D eigenvalue weighted by Crippen LogP contribution is 2.48. The minimum atomic E-state index is 0.654.